The molecule has 1 fully saturated rings. The number of rotatable bonds is 6. The van der Waals surface area contributed by atoms with Gasteiger partial charge in [0.1, 0.15) is 17.6 Å². The zero-order chi connectivity index (χ0) is 20.9. The second kappa shape index (κ2) is 9.07. The third-order valence-corrected chi connectivity index (χ3v) is 5.15. The van der Waals surface area contributed by atoms with E-state index in [0.29, 0.717) is 18.9 Å². The van der Waals surface area contributed by atoms with Crippen molar-refractivity contribution in [2.45, 2.75) is 31.7 Å². The molecular weight excluding hydrogens is 390 g/mol. The summed E-state index contributed by atoms with van der Waals surface area (Å²) in [5, 5.41) is 0. The van der Waals surface area contributed by atoms with Gasteiger partial charge in [-0.2, -0.15) is 0 Å². The van der Waals surface area contributed by atoms with Crippen molar-refractivity contribution < 1.29 is 22.7 Å². The van der Waals surface area contributed by atoms with Gasteiger partial charge in [0.2, 0.25) is 5.89 Å². The van der Waals surface area contributed by atoms with Gasteiger partial charge in [0.05, 0.1) is 6.20 Å². The first-order chi connectivity index (χ1) is 14.6. The molecule has 0 unspecified atom stereocenters. The SMILES string of the molecule is O=C(COc1ccc(F)cc1F)N1CCCC[C@H]1c1ncc(Cc2ccccc2)o1. The van der Waals surface area contributed by atoms with Crippen LogP contribution in [0.4, 0.5) is 8.78 Å². The number of halogens is 2. The minimum Gasteiger partial charge on any atom is -0.481 e. The second-order valence-corrected chi connectivity index (χ2v) is 7.29. The lowest BCUT2D eigenvalue weighted by Crippen LogP contribution is -2.41. The number of amides is 1. The monoisotopic (exact) mass is 412 g/mol. The summed E-state index contributed by atoms with van der Waals surface area (Å²) >= 11 is 0. The number of benzene rings is 2. The maximum Gasteiger partial charge on any atom is 0.261 e. The van der Waals surface area contributed by atoms with Crippen molar-refractivity contribution in [1.29, 1.82) is 0 Å². The standard InChI is InChI=1S/C23H22F2N2O3/c24-17-9-10-21(19(25)13-17)29-15-22(28)27-11-5-4-8-20(27)23-26-14-18(30-23)12-16-6-2-1-3-7-16/h1-3,6-7,9-10,13-14,20H,4-5,8,11-12,15H2/t20-/m0/s1. The van der Waals surface area contributed by atoms with Crippen LogP contribution in [0.5, 0.6) is 5.75 Å². The Kier molecular flexibility index (Phi) is 6.07. The Balaban J connectivity index is 1.43. The number of hydrogen-bond acceptors (Lipinski definition) is 4. The molecule has 0 spiro atoms. The molecule has 0 saturated carbocycles. The van der Waals surface area contributed by atoms with E-state index in [2.05, 4.69) is 4.98 Å². The van der Waals surface area contributed by atoms with E-state index in [1.165, 1.54) is 6.07 Å². The summed E-state index contributed by atoms with van der Waals surface area (Å²) < 4.78 is 38.0. The molecule has 1 atom stereocenters. The van der Waals surface area contributed by atoms with E-state index in [1.54, 1.807) is 11.1 Å². The van der Waals surface area contributed by atoms with Crippen molar-refractivity contribution in [3.8, 4) is 5.75 Å². The summed E-state index contributed by atoms with van der Waals surface area (Å²) in [5.74, 6) is -0.736. The van der Waals surface area contributed by atoms with E-state index in [9.17, 15) is 13.6 Å². The van der Waals surface area contributed by atoms with Crippen molar-refractivity contribution in [2.75, 3.05) is 13.2 Å². The molecule has 30 heavy (non-hydrogen) atoms. The van der Waals surface area contributed by atoms with Crippen molar-refractivity contribution in [3.05, 3.63) is 83.6 Å². The van der Waals surface area contributed by atoms with E-state index in [-0.39, 0.29) is 24.3 Å². The molecule has 1 amide bonds. The van der Waals surface area contributed by atoms with E-state index in [4.69, 9.17) is 9.15 Å². The van der Waals surface area contributed by atoms with Crippen LogP contribution in [-0.2, 0) is 11.2 Å². The summed E-state index contributed by atoms with van der Waals surface area (Å²) in [4.78, 5) is 18.8. The number of ether oxygens (including phenoxy) is 1. The molecule has 156 valence electrons. The Bertz CT molecular complexity index is 1010. The van der Waals surface area contributed by atoms with Gasteiger partial charge in [0.15, 0.2) is 18.2 Å². The lowest BCUT2D eigenvalue weighted by molar-refractivity contribution is -0.137. The predicted molar refractivity (Wildman–Crippen MR) is 106 cm³/mol. The summed E-state index contributed by atoms with van der Waals surface area (Å²) in [5.41, 5.74) is 1.12. The third kappa shape index (κ3) is 4.67. The highest BCUT2D eigenvalue weighted by molar-refractivity contribution is 5.78. The zero-order valence-corrected chi connectivity index (χ0v) is 16.4. The number of piperidine rings is 1. The van der Waals surface area contributed by atoms with Gasteiger partial charge >= 0.3 is 0 Å². The van der Waals surface area contributed by atoms with Gasteiger partial charge in [-0.25, -0.2) is 13.8 Å². The Morgan fingerprint density at radius 1 is 1.17 bits per heavy atom. The van der Waals surface area contributed by atoms with Gasteiger partial charge in [-0.3, -0.25) is 4.79 Å². The highest BCUT2D eigenvalue weighted by Crippen LogP contribution is 2.31. The molecule has 3 aromatic rings. The summed E-state index contributed by atoms with van der Waals surface area (Å²) in [6, 6.07) is 12.7. The second-order valence-electron chi connectivity index (χ2n) is 7.29. The zero-order valence-electron chi connectivity index (χ0n) is 16.4. The molecule has 4 rings (SSSR count). The van der Waals surface area contributed by atoms with Crippen LogP contribution in [0.1, 0.15) is 42.5 Å². The van der Waals surface area contributed by atoms with Gasteiger partial charge in [0, 0.05) is 19.0 Å². The van der Waals surface area contributed by atoms with Gasteiger partial charge in [-0.1, -0.05) is 30.3 Å². The average Bonchev–Trinajstić information content (AvgIpc) is 3.22. The first-order valence-electron chi connectivity index (χ1n) is 9.96. The quantitative estimate of drug-likeness (QED) is 0.590. The van der Waals surface area contributed by atoms with Crippen LogP contribution in [0.3, 0.4) is 0 Å². The van der Waals surface area contributed by atoms with Crippen LogP contribution in [0.25, 0.3) is 0 Å². The molecule has 0 aliphatic carbocycles. The van der Waals surface area contributed by atoms with Gasteiger partial charge in [-0.15, -0.1) is 0 Å². The van der Waals surface area contributed by atoms with Gasteiger partial charge in [0.25, 0.3) is 5.91 Å². The summed E-state index contributed by atoms with van der Waals surface area (Å²) in [6.07, 6.45) is 4.89. The van der Waals surface area contributed by atoms with Crippen molar-refractivity contribution in [1.82, 2.24) is 9.88 Å². The highest BCUT2D eigenvalue weighted by atomic mass is 19.1. The molecule has 1 aromatic heterocycles. The van der Waals surface area contributed by atoms with Crippen LogP contribution in [-0.4, -0.2) is 28.9 Å². The molecule has 1 aliphatic rings. The van der Waals surface area contributed by atoms with E-state index < -0.39 is 11.6 Å². The molecule has 7 heteroatoms. The molecule has 0 N–H and O–H groups in total. The molecule has 1 aliphatic heterocycles. The smallest absolute Gasteiger partial charge is 0.261 e. The Labute approximate surface area is 173 Å². The molecule has 0 bridgehead atoms. The van der Waals surface area contributed by atoms with Crippen LogP contribution < -0.4 is 4.74 Å². The fraction of sp³-hybridized carbons (Fsp3) is 0.304. The van der Waals surface area contributed by atoms with Crippen LogP contribution >= 0.6 is 0 Å². The molecular formula is C23H22F2N2O3. The number of oxazole rings is 1. The van der Waals surface area contributed by atoms with Crippen LogP contribution in [0.15, 0.2) is 59.1 Å². The van der Waals surface area contributed by atoms with E-state index >= 15 is 0 Å². The van der Waals surface area contributed by atoms with Crippen LogP contribution in [0.2, 0.25) is 0 Å². The van der Waals surface area contributed by atoms with Crippen molar-refractivity contribution in [2.24, 2.45) is 0 Å². The fourth-order valence-corrected chi connectivity index (χ4v) is 3.66. The Hall–Kier alpha value is -3.22. The lowest BCUT2D eigenvalue weighted by Gasteiger charge is -2.33. The van der Waals surface area contributed by atoms with Crippen LogP contribution in [0, 0.1) is 11.6 Å². The molecule has 1 saturated heterocycles. The Morgan fingerprint density at radius 2 is 2.00 bits per heavy atom. The summed E-state index contributed by atoms with van der Waals surface area (Å²) in [6.45, 7) is 0.214. The first kappa shape index (κ1) is 20.1. The summed E-state index contributed by atoms with van der Waals surface area (Å²) in [7, 11) is 0. The molecule has 0 radical (unpaired) electrons. The topological polar surface area (TPSA) is 55.6 Å². The molecule has 2 heterocycles. The van der Waals surface area contributed by atoms with Gasteiger partial charge < -0.3 is 14.1 Å². The number of carbonyl (C=O) groups is 1. The largest absolute Gasteiger partial charge is 0.481 e. The highest BCUT2D eigenvalue weighted by Gasteiger charge is 2.31. The molecule has 5 nitrogen and oxygen atoms in total. The minimum atomic E-state index is -0.837. The fourth-order valence-electron chi connectivity index (χ4n) is 3.66. The maximum atomic E-state index is 13.8. The first-order valence-corrected chi connectivity index (χ1v) is 9.96. The molecule has 2 aromatic carbocycles. The maximum absolute atomic E-state index is 13.8. The average molecular weight is 412 g/mol. The number of aromatic nitrogens is 1. The van der Waals surface area contributed by atoms with Crippen molar-refractivity contribution >= 4 is 5.91 Å². The Morgan fingerprint density at radius 3 is 2.80 bits per heavy atom. The number of likely N-dealkylation sites (tertiary alicyclic amines) is 1. The number of hydrogen-bond donors (Lipinski definition) is 0. The normalized spacial score (nSPS) is 16.5. The number of carbonyl (C=O) groups excluding carboxylic acids is 1. The van der Waals surface area contributed by atoms with E-state index in [1.807, 2.05) is 30.3 Å². The minimum absolute atomic E-state index is 0.153. The predicted octanol–water partition coefficient (Wildman–Crippen LogP) is 4.68. The number of nitrogens with zero attached hydrogens (tertiary/aromatic N) is 2. The van der Waals surface area contributed by atoms with Gasteiger partial charge in [-0.05, 0) is 37.0 Å². The van der Waals surface area contributed by atoms with E-state index in [0.717, 1.165) is 42.7 Å². The lowest BCUT2D eigenvalue weighted by atomic mass is 10.0. The van der Waals surface area contributed by atoms with Crippen molar-refractivity contribution in [3.63, 3.8) is 0 Å². The third-order valence-electron chi connectivity index (χ3n) is 5.15.